The highest BCUT2D eigenvalue weighted by molar-refractivity contribution is 5.93. The number of carbonyl (C=O) groups excluding carboxylic acids is 1. The first-order valence-corrected chi connectivity index (χ1v) is 7.21. The minimum absolute atomic E-state index is 0.0264. The van der Waals surface area contributed by atoms with Crippen molar-refractivity contribution in [1.82, 2.24) is 0 Å². The topological polar surface area (TPSA) is 128 Å². The van der Waals surface area contributed by atoms with Crippen molar-refractivity contribution in [3.05, 3.63) is 62.5 Å². The fraction of sp³-hybridized carbons (Fsp3) is 0.250. The first-order chi connectivity index (χ1) is 11.8. The number of hydrogen-bond donors (Lipinski definition) is 1. The standard InChI is InChI=1S/C16H14FN3O5/c1-3-24-16(21)13-8(2)25-15(19)11(7-18)14(13)10-6-9(17)4-5-12(10)20(22)23/h4-6,14H,3,19H2,1-2H3. The summed E-state index contributed by atoms with van der Waals surface area (Å²) >= 11 is 0. The van der Waals surface area contributed by atoms with E-state index >= 15 is 0 Å². The predicted molar refractivity (Wildman–Crippen MR) is 83.0 cm³/mol. The zero-order valence-corrected chi connectivity index (χ0v) is 13.4. The molecule has 2 N–H and O–H groups in total. The Morgan fingerprint density at radius 3 is 2.80 bits per heavy atom. The SMILES string of the molecule is CCOC(=O)C1=C(C)OC(N)=C(C#N)C1c1cc(F)ccc1[N+](=O)[O-]. The van der Waals surface area contributed by atoms with Gasteiger partial charge in [0.15, 0.2) is 0 Å². The zero-order chi connectivity index (χ0) is 18.7. The maximum Gasteiger partial charge on any atom is 0.338 e. The summed E-state index contributed by atoms with van der Waals surface area (Å²) in [5.41, 5.74) is 4.68. The van der Waals surface area contributed by atoms with Crippen LogP contribution >= 0.6 is 0 Å². The number of hydrogen-bond acceptors (Lipinski definition) is 7. The second-order valence-corrected chi connectivity index (χ2v) is 5.08. The van der Waals surface area contributed by atoms with Gasteiger partial charge in [-0.1, -0.05) is 0 Å². The number of nitro groups is 1. The molecule has 0 fully saturated rings. The van der Waals surface area contributed by atoms with E-state index in [9.17, 15) is 24.6 Å². The van der Waals surface area contributed by atoms with Crippen molar-refractivity contribution >= 4 is 11.7 Å². The molecule has 1 aliphatic rings. The van der Waals surface area contributed by atoms with Gasteiger partial charge in [-0.3, -0.25) is 10.1 Å². The second-order valence-electron chi connectivity index (χ2n) is 5.08. The molecule has 9 heteroatoms. The lowest BCUT2D eigenvalue weighted by Gasteiger charge is -2.26. The summed E-state index contributed by atoms with van der Waals surface area (Å²) in [6, 6.07) is 4.55. The Morgan fingerprint density at radius 2 is 2.24 bits per heavy atom. The number of nitro benzene ring substituents is 1. The Balaban J connectivity index is 2.78. The van der Waals surface area contributed by atoms with Crippen molar-refractivity contribution in [3.8, 4) is 6.07 Å². The summed E-state index contributed by atoms with van der Waals surface area (Å²) in [4.78, 5) is 22.9. The number of esters is 1. The lowest BCUT2D eigenvalue weighted by atomic mass is 9.82. The van der Waals surface area contributed by atoms with Gasteiger partial charge in [-0.2, -0.15) is 5.26 Å². The molecule has 0 radical (unpaired) electrons. The molecule has 1 aromatic carbocycles. The van der Waals surface area contributed by atoms with Gasteiger partial charge in [-0.25, -0.2) is 9.18 Å². The lowest BCUT2D eigenvalue weighted by molar-refractivity contribution is -0.385. The third kappa shape index (κ3) is 3.28. The van der Waals surface area contributed by atoms with Crippen LogP contribution in [0.1, 0.15) is 25.3 Å². The second kappa shape index (κ2) is 7.00. The van der Waals surface area contributed by atoms with E-state index in [1.165, 1.54) is 6.92 Å². The molecule has 25 heavy (non-hydrogen) atoms. The molecular weight excluding hydrogens is 333 g/mol. The van der Waals surface area contributed by atoms with Crippen LogP contribution in [-0.2, 0) is 14.3 Å². The van der Waals surface area contributed by atoms with Crippen LogP contribution in [-0.4, -0.2) is 17.5 Å². The van der Waals surface area contributed by atoms with Gasteiger partial charge in [0.2, 0.25) is 5.88 Å². The summed E-state index contributed by atoms with van der Waals surface area (Å²) in [6.45, 7) is 3.02. The van der Waals surface area contributed by atoms with Crippen LogP contribution in [0.4, 0.5) is 10.1 Å². The average molecular weight is 347 g/mol. The maximum absolute atomic E-state index is 13.8. The fourth-order valence-corrected chi connectivity index (χ4v) is 2.59. The van der Waals surface area contributed by atoms with Crippen molar-refractivity contribution in [3.63, 3.8) is 0 Å². The van der Waals surface area contributed by atoms with E-state index in [0.717, 1.165) is 18.2 Å². The highest BCUT2D eigenvalue weighted by atomic mass is 19.1. The number of rotatable bonds is 4. The van der Waals surface area contributed by atoms with Gasteiger partial charge in [0.1, 0.15) is 23.2 Å². The van der Waals surface area contributed by atoms with E-state index in [4.69, 9.17) is 15.2 Å². The number of allylic oxidation sites excluding steroid dienone is 2. The molecule has 130 valence electrons. The monoisotopic (exact) mass is 347 g/mol. The minimum atomic E-state index is -1.27. The number of halogens is 1. The quantitative estimate of drug-likeness (QED) is 0.503. The number of nitrogens with two attached hydrogens (primary N) is 1. The van der Waals surface area contributed by atoms with Crippen molar-refractivity contribution < 1.29 is 23.6 Å². The van der Waals surface area contributed by atoms with Crippen LogP contribution in [0.2, 0.25) is 0 Å². The summed E-state index contributed by atoms with van der Waals surface area (Å²) in [7, 11) is 0. The van der Waals surface area contributed by atoms with E-state index in [-0.39, 0.29) is 35.0 Å². The summed E-state index contributed by atoms with van der Waals surface area (Å²) in [5, 5.41) is 20.7. The van der Waals surface area contributed by atoms with E-state index < -0.39 is 28.3 Å². The summed E-state index contributed by atoms with van der Waals surface area (Å²) in [6.07, 6.45) is 0. The first-order valence-electron chi connectivity index (χ1n) is 7.21. The fourth-order valence-electron chi connectivity index (χ4n) is 2.59. The molecule has 1 unspecified atom stereocenters. The van der Waals surface area contributed by atoms with E-state index in [1.54, 1.807) is 13.0 Å². The van der Waals surface area contributed by atoms with Gasteiger partial charge in [0.05, 0.1) is 23.0 Å². The van der Waals surface area contributed by atoms with Crippen molar-refractivity contribution in [2.45, 2.75) is 19.8 Å². The maximum atomic E-state index is 13.8. The number of carbonyl (C=O) groups is 1. The Kier molecular flexibility index (Phi) is 5.02. The van der Waals surface area contributed by atoms with Gasteiger partial charge in [-0.15, -0.1) is 0 Å². The Labute approximate surface area is 142 Å². The molecule has 1 aromatic rings. The first kappa shape index (κ1) is 17.9. The van der Waals surface area contributed by atoms with Crippen LogP contribution in [0.3, 0.4) is 0 Å². The average Bonchev–Trinajstić information content (AvgIpc) is 2.53. The molecule has 1 aliphatic heterocycles. The van der Waals surface area contributed by atoms with Gasteiger partial charge < -0.3 is 15.2 Å². The third-order valence-corrected chi connectivity index (χ3v) is 3.60. The molecule has 1 atom stereocenters. The van der Waals surface area contributed by atoms with Crippen molar-refractivity contribution in [1.29, 1.82) is 5.26 Å². The Hall–Kier alpha value is -3.41. The molecule has 2 rings (SSSR count). The number of nitrogens with zero attached hydrogens (tertiary/aromatic N) is 2. The predicted octanol–water partition coefficient (Wildman–Crippen LogP) is 2.38. The van der Waals surface area contributed by atoms with Crippen LogP contribution in [0.25, 0.3) is 0 Å². The number of ether oxygens (including phenoxy) is 2. The normalized spacial score (nSPS) is 17.0. The third-order valence-electron chi connectivity index (χ3n) is 3.60. The largest absolute Gasteiger partial charge is 0.463 e. The van der Waals surface area contributed by atoms with E-state index in [1.807, 2.05) is 0 Å². The molecular formula is C16H14FN3O5. The molecule has 0 bridgehead atoms. The van der Waals surface area contributed by atoms with Gasteiger partial charge in [0.25, 0.3) is 5.69 Å². The Bertz CT molecular complexity index is 854. The molecule has 0 aromatic heterocycles. The molecule has 0 amide bonds. The molecule has 0 aliphatic carbocycles. The van der Waals surface area contributed by atoms with E-state index in [0.29, 0.717) is 0 Å². The van der Waals surface area contributed by atoms with Gasteiger partial charge in [0, 0.05) is 11.6 Å². The van der Waals surface area contributed by atoms with Gasteiger partial charge >= 0.3 is 5.97 Å². The molecule has 0 saturated heterocycles. The zero-order valence-electron chi connectivity index (χ0n) is 13.4. The number of benzene rings is 1. The number of nitriles is 1. The smallest absolute Gasteiger partial charge is 0.338 e. The van der Waals surface area contributed by atoms with Crippen molar-refractivity contribution in [2.75, 3.05) is 6.61 Å². The lowest BCUT2D eigenvalue weighted by Crippen LogP contribution is -2.26. The highest BCUT2D eigenvalue weighted by Gasteiger charge is 2.39. The van der Waals surface area contributed by atoms with Crippen LogP contribution < -0.4 is 5.73 Å². The van der Waals surface area contributed by atoms with Crippen molar-refractivity contribution in [2.24, 2.45) is 5.73 Å². The summed E-state index contributed by atoms with van der Waals surface area (Å²) < 4.78 is 23.9. The molecule has 1 heterocycles. The van der Waals surface area contributed by atoms with Crippen LogP contribution in [0.5, 0.6) is 0 Å². The van der Waals surface area contributed by atoms with Gasteiger partial charge in [-0.05, 0) is 26.0 Å². The summed E-state index contributed by atoms with van der Waals surface area (Å²) in [5.74, 6) is -3.14. The Morgan fingerprint density at radius 1 is 1.56 bits per heavy atom. The molecule has 0 spiro atoms. The van der Waals surface area contributed by atoms with E-state index in [2.05, 4.69) is 0 Å². The minimum Gasteiger partial charge on any atom is -0.463 e. The molecule has 8 nitrogen and oxygen atoms in total. The van der Waals surface area contributed by atoms with Crippen LogP contribution in [0.15, 0.2) is 41.0 Å². The highest BCUT2D eigenvalue weighted by Crippen LogP contribution is 2.43. The molecule has 0 saturated carbocycles. The van der Waals surface area contributed by atoms with Crippen LogP contribution in [0, 0.1) is 27.3 Å².